The second kappa shape index (κ2) is 4.36. The van der Waals surface area contributed by atoms with Crippen molar-refractivity contribution in [2.45, 2.75) is 44.2 Å². The minimum atomic E-state index is -1.22. The first-order valence-electron chi connectivity index (χ1n) is 6.53. The van der Waals surface area contributed by atoms with Crippen molar-refractivity contribution in [1.29, 1.82) is 0 Å². The third-order valence-electron chi connectivity index (χ3n) is 3.69. The number of carbonyl (C=O) groups is 1. The van der Waals surface area contributed by atoms with E-state index >= 15 is 0 Å². The molecule has 1 aromatic carbocycles. The molecule has 1 aromatic rings. The minimum absolute atomic E-state index is 0.0461. The Kier molecular flexibility index (Phi) is 2.88. The first kappa shape index (κ1) is 13.2. The molecule has 2 heterocycles. The SMILES string of the molecule is C[C@H]1C[C@@H](O)C[C@@]2(Cc3cc(O)cc(O)c3C(=O)O2)O1. The Labute approximate surface area is 115 Å². The van der Waals surface area contributed by atoms with Crippen molar-refractivity contribution in [3.8, 4) is 11.5 Å². The molecule has 1 saturated heterocycles. The molecule has 3 N–H and O–H groups in total. The third kappa shape index (κ3) is 2.10. The Bertz CT molecular complexity index is 557. The zero-order valence-electron chi connectivity index (χ0n) is 11.0. The average Bonchev–Trinajstić information content (AvgIpc) is 2.23. The number of hydrogen-bond acceptors (Lipinski definition) is 6. The fourth-order valence-corrected chi connectivity index (χ4v) is 3.06. The van der Waals surface area contributed by atoms with Crippen molar-refractivity contribution in [1.82, 2.24) is 0 Å². The third-order valence-corrected chi connectivity index (χ3v) is 3.69. The van der Waals surface area contributed by atoms with E-state index in [-0.39, 0.29) is 36.0 Å². The van der Waals surface area contributed by atoms with Gasteiger partial charge in [0.05, 0.1) is 12.2 Å². The van der Waals surface area contributed by atoms with Gasteiger partial charge in [-0.25, -0.2) is 4.79 Å². The van der Waals surface area contributed by atoms with Gasteiger partial charge in [-0.1, -0.05) is 0 Å². The molecule has 3 atom stereocenters. The fourth-order valence-electron chi connectivity index (χ4n) is 3.06. The monoisotopic (exact) mass is 280 g/mol. The van der Waals surface area contributed by atoms with Crippen LogP contribution in [-0.4, -0.2) is 39.3 Å². The summed E-state index contributed by atoms with van der Waals surface area (Å²) in [5.74, 6) is -2.37. The van der Waals surface area contributed by atoms with E-state index in [1.807, 2.05) is 0 Å². The molecular weight excluding hydrogens is 264 g/mol. The van der Waals surface area contributed by atoms with Crippen molar-refractivity contribution in [3.05, 3.63) is 23.3 Å². The Morgan fingerprint density at radius 3 is 2.80 bits per heavy atom. The molecule has 0 aromatic heterocycles. The number of fused-ring (bicyclic) bond motifs is 1. The lowest BCUT2D eigenvalue weighted by atomic mass is 9.89. The number of carbonyl (C=O) groups excluding carboxylic acids is 1. The molecule has 3 rings (SSSR count). The van der Waals surface area contributed by atoms with Crippen LogP contribution >= 0.6 is 0 Å². The van der Waals surface area contributed by atoms with Gasteiger partial charge < -0.3 is 24.8 Å². The number of aliphatic hydroxyl groups is 1. The highest BCUT2D eigenvalue weighted by Crippen LogP contribution is 2.41. The molecule has 0 aliphatic carbocycles. The number of rotatable bonds is 0. The Morgan fingerprint density at radius 2 is 2.10 bits per heavy atom. The van der Waals surface area contributed by atoms with Gasteiger partial charge in [0.1, 0.15) is 17.1 Å². The summed E-state index contributed by atoms with van der Waals surface area (Å²) in [4.78, 5) is 12.1. The summed E-state index contributed by atoms with van der Waals surface area (Å²) in [5.41, 5.74) is 0.504. The van der Waals surface area contributed by atoms with Crippen molar-refractivity contribution in [2.75, 3.05) is 0 Å². The number of esters is 1. The van der Waals surface area contributed by atoms with Gasteiger partial charge in [-0.05, 0) is 25.0 Å². The number of benzene rings is 1. The van der Waals surface area contributed by atoms with E-state index in [1.165, 1.54) is 6.07 Å². The zero-order chi connectivity index (χ0) is 14.5. The number of phenolic OH excluding ortho intramolecular Hbond substituents is 2. The van der Waals surface area contributed by atoms with Crippen molar-refractivity contribution >= 4 is 5.97 Å². The number of aliphatic hydroxyl groups excluding tert-OH is 1. The Morgan fingerprint density at radius 1 is 1.35 bits per heavy atom. The average molecular weight is 280 g/mol. The lowest BCUT2D eigenvalue weighted by Crippen LogP contribution is -2.52. The largest absolute Gasteiger partial charge is 0.508 e. The maximum Gasteiger partial charge on any atom is 0.344 e. The number of hydrogen-bond donors (Lipinski definition) is 3. The first-order valence-corrected chi connectivity index (χ1v) is 6.53. The second-order valence-electron chi connectivity index (χ2n) is 5.50. The second-order valence-corrected chi connectivity index (χ2v) is 5.50. The molecule has 2 aliphatic rings. The van der Waals surface area contributed by atoms with E-state index < -0.39 is 17.9 Å². The van der Waals surface area contributed by atoms with Gasteiger partial charge in [-0.2, -0.15) is 0 Å². The van der Waals surface area contributed by atoms with Gasteiger partial charge in [-0.3, -0.25) is 0 Å². The van der Waals surface area contributed by atoms with Crippen molar-refractivity contribution in [2.24, 2.45) is 0 Å². The van der Waals surface area contributed by atoms with Crippen molar-refractivity contribution < 1.29 is 29.6 Å². The fraction of sp³-hybridized carbons (Fsp3) is 0.500. The lowest BCUT2D eigenvalue weighted by molar-refractivity contribution is -0.268. The van der Waals surface area contributed by atoms with Crippen LogP contribution in [0.5, 0.6) is 11.5 Å². The van der Waals surface area contributed by atoms with Gasteiger partial charge in [-0.15, -0.1) is 0 Å². The van der Waals surface area contributed by atoms with Crippen LogP contribution in [-0.2, 0) is 15.9 Å². The summed E-state index contributed by atoms with van der Waals surface area (Å²) in [6.07, 6.45) is 0.00592. The molecule has 0 radical (unpaired) electrons. The van der Waals surface area contributed by atoms with E-state index in [4.69, 9.17) is 9.47 Å². The lowest BCUT2D eigenvalue weighted by Gasteiger charge is -2.43. The number of aromatic hydroxyl groups is 2. The quantitative estimate of drug-likeness (QED) is 0.615. The van der Waals surface area contributed by atoms with Gasteiger partial charge in [0, 0.05) is 18.9 Å². The molecule has 6 heteroatoms. The standard InChI is InChI=1S/C14H16O6/c1-7-2-10(16)6-14(19-7)5-8-3-9(15)4-11(17)12(8)13(18)20-14/h3-4,7,10,15-17H,2,5-6H2,1H3/t7-,10+,14-/m0/s1. The number of ether oxygens (including phenoxy) is 2. The molecule has 0 bridgehead atoms. The van der Waals surface area contributed by atoms with Crippen LogP contribution in [0.25, 0.3) is 0 Å². The van der Waals surface area contributed by atoms with E-state index in [9.17, 15) is 20.1 Å². The molecular formula is C14H16O6. The Balaban J connectivity index is 2.02. The molecule has 108 valence electrons. The van der Waals surface area contributed by atoms with Crippen molar-refractivity contribution in [3.63, 3.8) is 0 Å². The summed E-state index contributed by atoms with van der Waals surface area (Å²) in [6, 6.07) is 2.50. The van der Waals surface area contributed by atoms with Crippen LogP contribution < -0.4 is 0 Å². The zero-order valence-corrected chi connectivity index (χ0v) is 11.0. The maximum absolute atomic E-state index is 12.1. The topological polar surface area (TPSA) is 96.2 Å². The smallest absolute Gasteiger partial charge is 0.344 e. The van der Waals surface area contributed by atoms with Crippen LogP contribution in [0.2, 0.25) is 0 Å². The molecule has 0 amide bonds. The van der Waals surface area contributed by atoms with Crippen LogP contribution in [0.3, 0.4) is 0 Å². The summed E-state index contributed by atoms with van der Waals surface area (Å²) in [6.45, 7) is 1.80. The molecule has 1 fully saturated rings. The van der Waals surface area contributed by atoms with E-state index in [2.05, 4.69) is 0 Å². The minimum Gasteiger partial charge on any atom is -0.508 e. The van der Waals surface area contributed by atoms with E-state index in [1.54, 1.807) is 6.92 Å². The number of phenols is 2. The molecule has 20 heavy (non-hydrogen) atoms. The highest BCUT2D eigenvalue weighted by Gasteiger charge is 2.47. The molecule has 2 aliphatic heterocycles. The van der Waals surface area contributed by atoms with Crippen LogP contribution in [0.4, 0.5) is 0 Å². The summed E-state index contributed by atoms with van der Waals surface area (Å²) >= 11 is 0. The van der Waals surface area contributed by atoms with Crippen LogP contribution in [0, 0.1) is 0 Å². The van der Waals surface area contributed by atoms with Gasteiger partial charge in [0.2, 0.25) is 5.79 Å². The summed E-state index contributed by atoms with van der Waals surface area (Å²) < 4.78 is 11.1. The van der Waals surface area contributed by atoms with E-state index in [0.717, 1.165) is 6.07 Å². The summed E-state index contributed by atoms with van der Waals surface area (Å²) in [7, 11) is 0. The molecule has 6 nitrogen and oxygen atoms in total. The molecule has 1 spiro atoms. The molecule has 0 saturated carbocycles. The Hall–Kier alpha value is -1.79. The van der Waals surface area contributed by atoms with Gasteiger partial charge >= 0.3 is 5.97 Å². The van der Waals surface area contributed by atoms with Crippen LogP contribution in [0.15, 0.2) is 12.1 Å². The van der Waals surface area contributed by atoms with Gasteiger partial charge in [0.15, 0.2) is 0 Å². The highest BCUT2D eigenvalue weighted by atomic mass is 16.7. The highest BCUT2D eigenvalue weighted by molar-refractivity contribution is 5.95. The van der Waals surface area contributed by atoms with Crippen LogP contribution in [0.1, 0.15) is 35.7 Å². The first-order chi connectivity index (χ1) is 9.38. The summed E-state index contributed by atoms with van der Waals surface area (Å²) in [5, 5.41) is 29.2. The normalized spacial score (nSPS) is 32.8. The van der Waals surface area contributed by atoms with Gasteiger partial charge in [0.25, 0.3) is 0 Å². The van der Waals surface area contributed by atoms with E-state index in [0.29, 0.717) is 12.0 Å². The predicted octanol–water partition coefficient (Wildman–Crippen LogP) is 1.07. The maximum atomic E-state index is 12.1. The molecule has 0 unspecified atom stereocenters. The predicted molar refractivity (Wildman–Crippen MR) is 67.4 cm³/mol.